The lowest BCUT2D eigenvalue weighted by atomic mass is 10.2. The number of nitrogens with zero attached hydrogens (tertiary/aromatic N) is 1. The van der Waals surface area contributed by atoms with Gasteiger partial charge in [0, 0.05) is 5.56 Å². The van der Waals surface area contributed by atoms with E-state index in [1.807, 2.05) is 5.32 Å². The van der Waals surface area contributed by atoms with Crippen LogP contribution in [0.1, 0.15) is 5.56 Å². The summed E-state index contributed by atoms with van der Waals surface area (Å²) in [5.41, 5.74) is -0.325. The number of thioether (sulfide) groups is 1. The van der Waals surface area contributed by atoms with Crippen LogP contribution in [0.4, 0.5) is 23.7 Å². The van der Waals surface area contributed by atoms with Gasteiger partial charge in [0.15, 0.2) is 24.1 Å². The third-order valence-electron chi connectivity index (χ3n) is 4.04. The van der Waals surface area contributed by atoms with Crippen molar-refractivity contribution in [2.45, 2.75) is 0 Å². The molecule has 1 aliphatic rings. The second kappa shape index (κ2) is 9.56. The van der Waals surface area contributed by atoms with Gasteiger partial charge in [-0.1, -0.05) is 18.2 Å². The summed E-state index contributed by atoms with van der Waals surface area (Å²) in [4.78, 5) is 48.1. The van der Waals surface area contributed by atoms with Gasteiger partial charge in [-0.25, -0.2) is 18.0 Å². The number of carbonyl (C=O) groups is 4. The maximum Gasteiger partial charge on any atom is 0.341 e. The molecule has 12 heteroatoms. The largest absolute Gasteiger partial charge is 0.481 e. The molecular weight excluding hydrogens is 453 g/mol. The summed E-state index contributed by atoms with van der Waals surface area (Å²) in [6, 6.07) is 7.61. The average molecular weight is 466 g/mol. The van der Waals surface area contributed by atoms with E-state index < -0.39 is 59.3 Å². The van der Waals surface area contributed by atoms with E-state index in [4.69, 9.17) is 9.84 Å². The Morgan fingerprint density at radius 3 is 2.53 bits per heavy atom. The normalized spacial score (nSPS) is 14.7. The minimum absolute atomic E-state index is 0.0619. The van der Waals surface area contributed by atoms with Crippen LogP contribution < -0.4 is 10.1 Å². The molecule has 8 nitrogen and oxygen atoms in total. The average Bonchev–Trinajstić information content (AvgIpc) is 3.01. The van der Waals surface area contributed by atoms with Crippen LogP contribution in [-0.4, -0.2) is 46.2 Å². The molecule has 1 heterocycles. The molecule has 0 aromatic heterocycles. The number of benzene rings is 2. The first-order valence-electron chi connectivity index (χ1n) is 8.79. The first-order chi connectivity index (χ1) is 15.2. The second-order valence-corrected chi connectivity index (χ2v) is 7.25. The minimum Gasteiger partial charge on any atom is -0.481 e. The van der Waals surface area contributed by atoms with Crippen LogP contribution in [0, 0.1) is 17.5 Å². The van der Waals surface area contributed by atoms with Crippen molar-refractivity contribution in [2.24, 2.45) is 0 Å². The van der Waals surface area contributed by atoms with Crippen molar-refractivity contribution in [3.63, 3.8) is 0 Å². The van der Waals surface area contributed by atoms with Gasteiger partial charge in [-0.2, -0.15) is 0 Å². The van der Waals surface area contributed by atoms with Gasteiger partial charge in [0.2, 0.25) is 5.91 Å². The number of hydrogen-bond acceptors (Lipinski definition) is 6. The van der Waals surface area contributed by atoms with Gasteiger partial charge in [0.05, 0.1) is 10.6 Å². The molecule has 2 aromatic rings. The van der Waals surface area contributed by atoms with Crippen LogP contribution in [0.5, 0.6) is 5.75 Å². The van der Waals surface area contributed by atoms with Crippen molar-refractivity contribution in [1.29, 1.82) is 0 Å². The third kappa shape index (κ3) is 5.09. The Labute approximate surface area is 182 Å². The quantitative estimate of drug-likeness (QED) is 0.476. The van der Waals surface area contributed by atoms with Crippen molar-refractivity contribution in [3.8, 4) is 5.75 Å². The minimum atomic E-state index is -1.78. The highest BCUT2D eigenvalue weighted by Gasteiger charge is 2.36. The Morgan fingerprint density at radius 1 is 1.09 bits per heavy atom. The molecular formula is C20H13F3N2O6S. The summed E-state index contributed by atoms with van der Waals surface area (Å²) in [6.45, 7) is -1.41. The topological polar surface area (TPSA) is 113 Å². The van der Waals surface area contributed by atoms with Crippen LogP contribution in [-0.2, 0) is 14.4 Å². The van der Waals surface area contributed by atoms with Gasteiger partial charge in [-0.05, 0) is 36.0 Å². The number of carbonyl (C=O) groups excluding carboxylic acids is 3. The van der Waals surface area contributed by atoms with Crippen molar-refractivity contribution < 1.29 is 42.2 Å². The van der Waals surface area contributed by atoms with E-state index in [0.717, 1.165) is 6.07 Å². The van der Waals surface area contributed by atoms with Crippen molar-refractivity contribution in [2.75, 3.05) is 18.5 Å². The predicted octanol–water partition coefficient (Wildman–Crippen LogP) is 3.24. The Hall–Kier alpha value is -3.80. The molecule has 2 aromatic carbocycles. The summed E-state index contributed by atoms with van der Waals surface area (Å²) in [7, 11) is 0. The standard InChI is InChI=1S/C20H13F3N2O6S/c21-11-5-6-12(18(23)17(11)22)24-15(26)8-25-19(29)14(32-20(25)30)7-10-3-1-2-4-13(10)31-9-16(27)28/h1-7H,8-9H2,(H,24,26)(H,27,28). The SMILES string of the molecule is O=C(O)COc1ccccc1C=C1SC(=O)N(CC(=O)Nc2ccc(F)c(F)c2F)C1=O. The molecule has 1 aliphatic heterocycles. The lowest BCUT2D eigenvalue weighted by Gasteiger charge is -2.13. The third-order valence-corrected chi connectivity index (χ3v) is 4.95. The molecule has 1 fully saturated rings. The predicted molar refractivity (Wildman–Crippen MR) is 107 cm³/mol. The fraction of sp³-hybridized carbons (Fsp3) is 0.100. The van der Waals surface area contributed by atoms with Crippen LogP contribution in [0.25, 0.3) is 6.08 Å². The van der Waals surface area contributed by atoms with E-state index in [2.05, 4.69) is 0 Å². The highest BCUT2D eigenvalue weighted by molar-refractivity contribution is 8.18. The second-order valence-electron chi connectivity index (χ2n) is 6.26. The first-order valence-corrected chi connectivity index (χ1v) is 9.61. The van der Waals surface area contributed by atoms with E-state index in [0.29, 0.717) is 28.3 Å². The van der Waals surface area contributed by atoms with Crippen LogP contribution >= 0.6 is 11.8 Å². The molecule has 0 aliphatic carbocycles. The van der Waals surface area contributed by atoms with E-state index >= 15 is 0 Å². The lowest BCUT2D eigenvalue weighted by Crippen LogP contribution is -2.36. The highest BCUT2D eigenvalue weighted by atomic mass is 32.2. The van der Waals surface area contributed by atoms with Gasteiger partial charge in [-0.3, -0.25) is 19.3 Å². The van der Waals surface area contributed by atoms with Gasteiger partial charge < -0.3 is 15.2 Å². The molecule has 0 atom stereocenters. The van der Waals surface area contributed by atoms with Crippen molar-refractivity contribution in [1.82, 2.24) is 4.90 Å². The maximum absolute atomic E-state index is 13.7. The highest BCUT2D eigenvalue weighted by Crippen LogP contribution is 2.34. The summed E-state index contributed by atoms with van der Waals surface area (Å²) in [5.74, 6) is -7.72. The Bertz CT molecular complexity index is 1150. The van der Waals surface area contributed by atoms with Gasteiger partial charge in [0.25, 0.3) is 11.1 Å². The van der Waals surface area contributed by atoms with Crippen LogP contribution in [0.3, 0.4) is 0 Å². The number of nitrogens with one attached hydrogen (secondary N) is 1. The summed E-state index contributed by atoms with van der Waals surface area (Å²) in [5, 5.41) is 9.94. The number of amides is 3. The molecule has 0 spiro atoms. The Morgan fingerprint density at radius 2 is 1.81 bits per heavy atom. The summed E-state index contributed by atoms with van der Waals surface area (Å²) >= 11 is 0.529. The molecule has 3 amide bonds. The van der Waals surface area contributed by atoms with Gasteiger partial charge in [-0.15, -0.1) is 0 Å². The van der Waals surface area contributed by atoms with E-state index in [1.54, 1.807) is 12.1 Å². The number of halogens is 3. The zero-order valence-corrected chi connectivity index (χ0v) is 16.7. The molecule has 32 heavy (non-hydrogen) atoms. The van der Waals surface area contributed by atoms with E-state index in [-0.39, 0.29) is 10.7 Å². The number of aliphatic carboxylic acids is 1. The number of hydrogen-bond donors (Lipinski definition) is 2. The number of anilines is 1. The first kappa shape index (κ1) is 22.9. The maximum atomic E-state index is 13.7. The van der Waals surface area contributed by atoms with Crippen LogP contribution in [0.15, 0.2) is 41.3 Å². The molecule has 3 rings (SSSR count). The molecule has 2 N–H and O–H groups in total. The Balaban J connectivity index is 1.73. The lowest BCUT2D eigenvalue weighted by molar-refractivity contribution is -0.139. The Kier molecular flexibility index (Phi) is 6.83. The molecule has 166 valence electrons. The smallest absolute Gasteiger partial charge is 0.341 e. The zero-order chi connectivity index (χ0) is 23.4. The number of carboxylic acids is 1. The monoisotopic (exact) mass is 466 g/mol. The van der Waals surface area contributed by atoms with E-state index in [9.17, 15) is 32.3 Å². The fourth-order valence-corrected chi connectivity index (χ4v) is 3.43. The molecule has 0 unspecified atom stereocenters. The fourth-order valence-electron chi connectivity index (χ4n) is 2.60. The summed E-state index contributed by atoms with van der Waals surface area (Å²) in [6.07, 6.45) is 1.30. The number of para-hydroxylation sites is 1. The molecule has 0 saturated carbocycles. The van der Waals surface area contributed by atoms with Gasteiger partial charge >= 0.3 is 5.97 Å². The summed E-state index contributed by atoms with van der Waals surface area (Å²) < 4.78 is 45.1. The number of carboxylic acid groups (broad SMARTS) is 1. The van der Waals surface area contributed by atoms with Crippen LogP contribution in [0.2, 0.25) is 0 Å². The molecule has 0 radical (unpaired) electrons. The van der Waals surface area contributed by atoms with E-state index in [1.165, 1.54) is 18.2 Å². The number of rotatable bonds is 7. The molecule has 0 bridgehead atoms. The van der Waals surface area contributed by atoms with Crippen molar-refractivity contribution >= 4 is 46.5 Å². The zero-order valence-electron chi connectivity index (χ0n) is 15.9. The van der Waals surface area contributed by atoms with Gasteiger partial charge in [0.1, 0.15) is 12.3 Å². The molecule has 1 saturated heterocycles. The number of ether oxygens (including phenoxy) is 1. The number of imide groups is 1. The van der Waals surface area contributed by atoms with Crippen molar-refractivity contribution in [3.05, 3.63) is 64.3 Å².